The van der Waals surface area contributed by atoms with Crippen LogP contribution in [-0.2, 0) is 13.0 Å². The SMILES string of the molecule is CC(C)N1CCN(c2ccc(Nc3ncc4cc5n(c4n3)CCCC5)nc2)CC1. The molecule has 3 aromatic rings. The first-order valence-electron chi connectivity index (χ1n) is 10.7. The molecule has 0 aliphatic carbocycles. The first-order valence-corrected chi connectivity index (χ1v) is 10.7. The Balaban J connectivity index is 1.29. The van der Waals surface area contributed by atoms with Crippen molar-refractivity contribution in [3.8, 4) is 0 Å². The quantitative estimate of drug-likeness (QED) is 0.735. The van der Waals surface area contributed by atoms with Crippen molar-refractivity contribution in [1.29, 1.82) is 0 Å². The third kappa shape index (κ3) is 3.67. The van der Waals surface area contributed by atoms with Crippen LogP contribution in [0.3, 0.4) is 0 Å². The number of nitrogens with zero attached hydrogens (tertiary/aromatic N) is 6. The van der Waals surface area contributed by atoms with E-state index in [0.29, 0.717) is 12.0 Å². The van der Waals surface area contributed by atoms with E-state index in [4.69, 9.17) is 4.98 Å². The third-order valence-electron chi connectivity index (χ3n) is 6.18. The molecule has 1 saturated heterocycles. The first-order chi connectivity index (χ1) is 14.2. The number of nitrogens with one attached hydrogen (secondary N) is 1. The van der Waals surface area contributed by atoms with Crippen molar-refractivity contribution in [2.45, 2.75) is 45.7 Å². The van der Waals surface area contributed by atoms with Crippen molar-refractivity contribution in [1.82, 2.24) is 24.4 Å². The van der Waals surface area contributed by atoms with Crippen molar-refractivity contribution in [2.24, 2.45) is 0 Å². The van der Waals surface area contributed by atoms with Gasteiger partial charge in [-0.15, -0.1) is 0 Å². The molecule has 7 nitrogen and oxygen atoms in total. The van der Waals surface area contributed by atoms with Gasteiger partial charge in [-0.1, -0.05) is 0 Å². The summed E-state index contributed by atoms with van der Waals surface area (Å²) in [6.45, 7) is 9.88. The number of rotatable bonds is 4. The highest BCUT2D eigenvalue weighted by molar-refractivity contribution is 5.78. The van der Waals surface area contributed by atoms with Gasteiger partial charge in [0.05, 0.1) is 11.9 Å². The summed E-state index contributed by atoms with van der Waals surface area (Å²) < 4.78 is 2.33. The number of aromatic nitrogens is 4. The van der Waals surface area contributed by atoms with Crippen LogP contribution in [0, 0.1) is 0 Å². The van der Waals surface area contributed by atoms with Crippen molar-refractivity contribution in [3.05, 3.63) is 36.3 Å². The molecule has 5 heterocycles. The van der Waals surface area contributed by atoms with Gasteiger partial charge in [0, 0.05) is 56.0 Å². The summed E-state index contributed by atoms with van der Waals surface area (Å²) in [5.41, 5.74) is 3.57. The average molecular weight is 392 g/mol. The predicted octanol–water partition coefficient (Wildman–Crippen LogP) is 3.44. The van der Waals surface area contributed by atoms with Crippen molar-refractivity contribution >= 4 is 28.5 Å². The van der Waals surface area contributed by atoms with Crippen LogP contribution < -0.4 is 10.2 Å². The second-order valence-electron chi connectivity index (χ2n) is 8.36. The van der Waals surface area contributed by atoms with E-state index in [-0.39, 0.29) is 0 Å². The van der Waals surface area contributed by atoms with Gasteiger partial charge in [0.25, 0.3) is 0 Å². The van der Waals surface area contributed by atoms with Crippen LogP contribution in [0.4, 0.5) is 17.5 Å². The molecule has 7 heteroatoms. The van der Waals surface area contributed by atoms with Gasteiger partial charge in [-0.3, -0.25) is 4.90 Å². The van der Waals surface area contributed by atoms with E-state index >= 15 is 0 Å². The average Bonchev–Trinajstić information content (AvgIpc) is 3.12. The molecule has 3 aromatic heterocycles. The smallest absolute Gasteiger partial charge is 0.230 e. The van der Waals surface area contributed by atoms with Crippen LogP contribution in [0.2, 0.25) is 0 Å². The molecule has 0 unspecified atom stereocenters. The van der Waals surface area contributed by atoms with Crippen LogP contribution in [0.15, 0.2) is 30.6 Å². The Morgan fingerprint density at radius 1 is 0.966 bits per heavy atom. The zero-order chi connectivity index (χ0) is 19.8. The van der Waals surface area contributed by atoms with Crippen molar-refractivity contribution < 1.29 is 0 Å². The molecule has 0 spiro atoms. The maximum Gasteiger partial charge on any atom is 0.230 e. The van der Waals surface area contributed by atoms with E-state index in [9.17, 15) is 0 Å². The summed E-state index contributed by atoms with van der Waals surface area (Å²) in [5.74, 6) is 1.38. The van der Waals surface area contributed by atoms with E-state index in [1.54, 1.807) is 0 Å². The molecule has 0 bridgehead atoms. The molecule has 2 aliphatic rings. The largest absolute Gasteiger partial charge is 0.368 e. The van der Waals surface area contributed by atoms with E-state index in [1.165, 1.54) is 24.2 Å². The van der Waals surface area contributed by atoms with Gasteiger partial charge < -0.3 is 14.8 Å². The minimum atomic E-state index is 0.606. The Morgan fingerprint density at radius 3 is 2.59 bits per heavy atom. The number of anilines is 3. The monoisotopic (exact) mass is 391 g/mol. The predicted molar refractivity (Wildman–Crippen MR) is 117 cm³/mol. The van der Waals surface area contributed by atoms with Crippen molar-refractivity contribution in [3.63, 3.8) is 0 Å². The molecule has 152 valence electrons. The molecular weight excluding hydrogens is 362 g/mol. The standard InChI is InChI=1S/C22H29N7/c1-16(2)27-9-11-28(12-10-27)19-6-7-20(23-15-19)25-22-24-14-17-13-18-5-3-4-8-29(18)21(17)26-22/h6-7,13-16H,3-5,8-12H2,1-2H3,(H,23,24,25,26). The fraction of sp³-hybridized carbons (Fsp3) is 0.500. The summed E-state index contributed by atoms with van der Waals surface area (Å²) in [6, 6.07) is 7.00. The summed E-state index contributed by atoms with van der Waals surface area (Å²) >= 11 is 0. The maximum absolute atomic E-state index is 4.77. The number of pyridine rings is 1. The van der Waals surface area contributed by atoms with Gasteiger partial charge >= 0.3 is 0 Å². The Labute approximate surface area is 171 Å². The number of aryl methyl sites for hydroxylation is 2. The highest BCUT2D eigenvalue weighted by Crippen LogP contribution is 2.25. The van der Waals surface area contributed by atoms with Gasteiger partial charge in [-0.2, -0.15) is 4.98 Å². The van der Waals surface area contributed by atoms with E-state index < -0.39 is 0 Å². The highest BCUT2D eigenvalue weighted by atomic mass is 15.3. The normalized spacial score (nSPS) is 17.7. The van der Waals surface area contributed by atoms with Crippen LogP contribution >= 0.6 is 0 Å². The Kier molecular flexibility index (Phi) is 4.83. The Hall–Kier alpha value is -2.67. The van der Waals surface area contributed by atoms with Crippen LogP contribution in [0.25, 0.3) is 11.0 Å². The van der Waals surface area contributed by atoms with Crippen LogP contribution in [0.5, 0.6) is 0 Å². The molecule has 29 heavy (non-hydrogen) atoms. The molecule has 5 rings (SSSR count). The lowest BCUT2D eigenvalue weighted by Gasteiger charge is -2.38. The molecule has 1 N–H and O–H groups in total. The number of hydrogen-bond acceptors (Lipinski definition) is 6. The summed E-state index contributed by atoms with van der Waals surface area (Å²) in [5, 5.41) is 4.39. The van der Waals surface area contributed by atoms with Crippen LogP contribution in [0.1, 0.15) is 32.4 Å². The highest BCUT2D eigenvalue weighted by Gasteiger charge is 2.19. The van der Waals surface area contributed by atoms with Gasteiger partial charge in [0.15, 0.2) is 0 Å². The van der Waals surface area contributed by atoms with Gasteiger partial charge in [0.1, 0.15) is 11.5 Å². The molecule has 0 atom stereocenters. The molecule has 0 aromatic carbocycles. The zero-order valence-corrected chi connectivity index (χ0v) is 17.3. The molecule has 0 radical (unpaired) electrons. The molecule has 2 aliphatic heterocycles. The second-order valence-corrected chi connectivity index (χ2v) is 8.36. The number of fused-ring (bicyclic) bond motifs is 3. The van der Waals surface area contributed by atoms with E-state index in [1.807, 2.05) is 18.5 Å². The topological polar surface area (TPSA) is 62.1 Å². The molecule has 0 saturated carbocycles. The lowest BCUT2D eigenvalue weighted by atomic mass is 10.1. The molecular formula is C22H29N7. The fourth-order valence-corrected chi connectivity index (χ4v) is 4.44. The number of piperazine rings is 1. The Bertz CT molecular complexity index is 984. The first kappa shape index (κ1) is 18.4. The summed E-state index contributed by atoms with van der Waals surface area (Å²) in [4.78, 5) is 18.8. The van der Waals surface area contributed by atoms with E-state index in [0.717, 1.165) is 56.0 Å². The third-order valence-corrected chi connectivity index (χ3v) is 6.18. The molecule has 1 fully saturated rings. The minimum Gasteiger partial charge on any atom is -0.368 e. The summed E-state index contributed by atoms with van der Waals surface area (Å²) in [7, 11) is 0. The zero-order valence-electron chi connectivity index (χ0n) is 17.3. The van der Waals surface area contributed by atoms with Gasteiger partial charge in [0.2, 0.25) is 5.95 Å². The number of hydrogen-bond donors (Lipinski definition) is 1. The van der Waals surface area contributed by atoms with Crippen molar-refractivity contribution in [2.75, 3.05) is 36.4 Å². The second kappa shape index (κ2) is 7.63. The minimum absolute atomic E-state index is 0.606. The van der Waals surface area contributed by atoms with Crippen LogP contribution in [-0.4, -0.2) is 56.6 Å². The lowest BCUT2D eigenvalue weighted by molar-refractivity contribution is 0.209. The lowest BCUT2D eigenvalue weighted by Crippen LogP contribution is -2.48. The fourth-order valence-electron chi connectivity index (χ4n) is 4.44. The van der Waals surface area contributed by atoms with E-state index in [2.05, 4.69) is 55.6 Å². The molecule has 0 amide bonds. The maximum atomic E-state index is 4.77. The summed E-state index contributed by atoms with van der Waals surface area (Å²) in [6.07, 6.45) is 7.48. The Morgan fingerprint density at radius 2 is 1.83 bits per heavy atom. The van der Waals surface area contributed by atoms with Gasteiger partial charge in [-0.05, 0) is 51.3 Å². The van der Waals surface area contributed by atoms with Gasteiger partial charge in [-0.25, -0.2) is 9.97 Å².